The molecule has 0 heterocycles. The van der Waals surface area contributed by atoms with E-state index in [4.69, 9.17) is 14.2 Å². The fraction of sp³-hybridized carbons (Fsp3) is 0.520. The number of rotatable bonds is 10. The minimum atomic E-state index is 0.519. The highest BCUT2D eigenvalue weighted by Crippen LogP contribution is 2.32. The Morgan fingerprint density at radius 2 is 1.18 bits per heavy atom. The highest BCUT2D eigenvalue weighted by Gasteiger charge is 2.17. The fourth-order valence-electron chi connectivity index (χ4n) is 3.66. The molecule has 0 N–H and O–H groups in total. The Morgan fingerprint density at radius 1 is 0.679 bits per heavy atom. The van der Waals surface area contributed by atoms with Gasteiger partial charge in [-0.1, -0.05) is 45.9 Å². The summed E-state index contributed by atoms with van der Waals surface area (Å²) in [6, 6.07) is 12.9. The van der Waals surface area contributed by atoms with E-state index in [0.29, 0.717) is 17.8 Å². The average Bonchev–Trinajstić information content (AvgIpc) is 2.72. The number of methoxy groups -OCH3 is 3. The van der Waals surface area contributed by atoms with E-state index >= 15 is 0 Å². The van der Waals surface area contributed by atoms with Gasteiger partial charge < -0.3 is 14.2 Å². The van der Waals surface area contributed by atoms with E-state index in [1.807, 2.05) is 6.07 Å². The number of benzene rings is 2. The summed E-state index contributed by atoms with van der Waals surface area (Å²) >= 11 is 0. The van der Waals surface area contributed by atoms with Crippen molar-refractivity contribution in [3.05, 3.63) is 53.1 Å². The molecule has 0 spiro atoms. The minimum absolute atomic E-state index is 0.519. The summed E-state index contributed by atoms with van der Waals surface area (Å²) < 4.78 is 16.5. The van der Waals surface area contributed by atoms with Crippen LogP contribution in [0.25, 0.3) is 0 Å². The molecule has 2 aromatic rings. The van der Waals surface area contributed by atoms with E-state index < -0.39 is 0 Å². The van der Waals surface area contributed by atoms with Gasteiger partial charge in [-0.3, -0.25) is 0 Å². The molecule has 2 rings (SSSR count). The summed E-state index contributed by atoms with van der Waals surface area (Å²) in [5.41, 5.74) is 3.93. The smallest absolute Gasteiger partial charge is 0.160 e. The summed E-state index contributed by atoms with van der Waals surface area (Å²) in [7, 11) is 5.13. The van der Waals surface area contributed by atoms with Gasteiger partial charge in [-0.2, -0.15) is 0 Å². The van der Waals surface area contributed by atoms with Gasteiger partial charge in [0.2, 0.25) is 0 Å². The van der Waals surface area contributed by atoms with E-state index in [2.05, 4.69) is 58.0 Å². The van der Waals surface area contributed by atoms with Crippen LogP contribution in [0.1, 0.15) is 56.7 Å². The topological polar surface area (TPSA) is 27.7 Å². The first-order valence-corrected chi connectivity index (χ1v) is 10.3. The molecule has 0 bridgehead atoms. The van der Waals surface area contributed by atoms with Crippen LogP contribution in [0.2, 0.25) is 0 Å². The Hall–Kier alpha value is -2.16. The molecule has 2 aromatic carbocycles. The van der Waals surface area contributed by atoms with Crippen molar-refractivity contribution in [1.29, 1.82) is 0 Å². The second-order valence-corrected chi connectivity index (χ2v) is 7.94. The molecule has 0 aliphatic carbocycles. The van der Waals surface area contributed by atoms with Crippen molar-refractivity contribution in [3.63, 3.8) is 0 Å². The van der Waals surface area contributed by atoms with Crippen LogP contribution >= 0.6 is 0 Å². The van der Waals surface area contributed by atoms with Gasteiger partial charge in [0.25, 0.3) is 0 Å². The van der Waals surface area contributed by atoms with Crippen molar-refractivity contribution in [2.45, 2.75) is 52.9 Å². The average molecular weight is 385 g/mol. The van der Waals surface area contributed by atoms with Crippen LogP contribution < -0.4 is 14.2 Å². The van der Waals surface area contributed by atoms with Crippen LogP contribution in [0.5, 0.6) is 17.2 Å². The fourth-order valence-corrected chi connectivity index (χ4v) is 3.66. The predicted molar refractivity (Wildman–Crippen MR) is 117 cm³/mol. The molecule has 0 radical (unpaired) electrons. The maximum Gasteiger partial charge on any atom is 0.160 e. The Balaban J connectivity index is 2.07. The van der Waals surface area contributed by atoms with Crippen molar-refractivity contribution in [2.24, 2.45) is 11.8 Å². The maximum absolute atomic E-state index is 5.67. The second kappa shape index (κ2) is 10.4. The second-order valence-electron chi connectivity index (χ2n) is 7.94. The van der Waals surface area contributed by atoms with Crippen LogP contribution in [0, 0.1) is 11.8 Å². The Labute approximate surface area is 171 Å². The standard InChI is InChI=1S/C25H36O3/c1-8-17(2)22-11-9-20(15-24(22)27-6)13-18(3)19(4)14-21-10-12-23(26-5)25(16-21)28-7/h9-12,15-19H,8,13-14H2,1-7H3. The third-order valence-electron chi connectivity index (χ3n) is 5.98. The summed E-state index contributed by atoms with van der Waals surface area (Å²) in [6.45, 7) is 9.13. The van der Waals surface area contributed by atoms with E-state index in [9.17, 15) is 0 Å². The molecule has 3 nitrogen and oxygen atoms in total. The molecule has 0 saturated heterocycles. The molecular weight excluding hydrogens is 348 g/mol. The van der Waals surface area contributed by atoms with E-state index in [1.165, 1.54) is 16.7 Å². The predicted octanol–water partition coefficient (Wildman–Crippen LogP) is 6.28. The monoisotopic (exact) mass is 384 g/mol. The van der Waals surface area contributed by atoms with Crippen molar-refractivity contribution in [1.82, 2.24) is 0 Å². The highest BCUT2D eigenvalue weighted by atomic mass is 16.5. The van der Waals surface area contributed by atoms with Gasteiger partial charge >= 0.3 is 0 Å². The normalized spacial score (nSPS) is 14.2. The van der Waals surface area contributed by atoms with Gasteiger partial charge in [0.05, 0.1) is 21.3 Å². The van der Waals surface area contributed by atoms with Crippen molar-refractivity contribution < 1.29 is 14.2 Å². The van der Waals surface area contributed by atoms with Gasteiger partial charge in [-0.25, -0.2) is 0 Å². The van der Waals surface area contributed by atoms with Gasteiger partial charge in [0.15, 0.2) is 11.5 Å². The van der Waals surface area contributed by atoms with Gasteiger partial charge in [-0.05, 0) is 71.9 Å². The van der Waals surface area contributed by atoms with Crippen molar-refractivity contribution in [3.8, 4) is 17.2 Å². The molecule has 0 aliphatic heterocycles. The van der Waals surface area contributed by atoms with Crippen LogP contribution in [0.15, 0.2) is 36.4 Å². The number of hydrogen-bond donors (Lipinski definition) is 0. The molecule has 28 heavy (non-hydrogen) atoms. The molecule has 0 aliphatic rings. The molecule has 0 fully saturated rings. The zero-order chi connectivity index (χ0) is 20.7. The zero-order valence-corrected chi connectivity index (χ0v) is 18.5. The highest BCUT2D eigenvalue weighted by molar-refractivity contribution is 5.43. The third kappa shape index (κ3) is 5.43. The van der Waals surface area contributed by atoms with Crippen LogP contribution in [-0.2, 0) is 12.8 Å². The van der Waals surface area contributed by atoms with Crippen LogP contribution in [0.3, 0.4) is 0 Å². The molecular formula is C25H36O3. The van der Waals surface area contributed by atoms with Gasteiger partial charge in [-0.15, -0.1) is 0 Å². The van der Waals surface area contributed by atoms with Gasteiger partial charge in [0, 0.05) is 0 Å². The summed E-state index contributed by atoms with van der Waals surface area (Å²) in [6.07, 6.45) is 3.18. The molecule has 0 amide bonds. The van der Waals surface area contributed by atoms with Crippen LogP contribution in [-0.4, -0.2) is 21.3 Å². The molecule has 3 atom stereocenters. The lowest BCUT2D eigenvalue weighted by Crippen LogP contribution is -2.14. The first-order valence-electron chi connectivity index (χ1n) is 10.3. The SMILES string of the molecule is CCC(C)c1ccc(CC(C)C(C)Cc2ccc(OC)c(OC)c2)cc1OC. The van der Waals surface area contributed by atoms with E-state index in [1.54, 1.807) is 21.3 Å². The Kier molecular flexibility index (Phi) is 8.22. The molecule has 0 aromatic heterocycles. The van der Waals surface area contributed by atoms with E-state index in [-0.39, 0.29) is 0 Å². The molecule has 3 unspecified atom stereocenters. The van der Waals surface area contributed by atoms with Gasteiger partial charge in [0.1, 0.15) is 5.75 Å². The number of hydrogen-bond acceptors (Lipinski definition) is 3. The summed E-state index contributed by atoms with van der Waals surface area (Å²) in [5.74, 6) is 4.23. The Bertz CT molecular complexity index is 753. The maximum atomic E-state index is 5.67. The van der Waals surface area contributed by atoms with Crippen LogP contribution in [0.4, 0.5) is 0 Å². The molecule has 154 valence electrons. The zero-order valence-electron chi connectivity index (χ0n) is 18.5. The lowest BCUT2D eigenvalue weighted by molar-refractivity contribution is 0.352. The summed E-state index contributed by atoms with van der Waals surface area (Å²) in [5, 5.41) is 0. The largest absolute Gasteiger partial charge is 0.496 e. The lowest BCUT2D eigenvalue weighted by Gasteiger charge is -2.22. The minimum Gasteiger partial charge on any atom is -0.496 e. The first-order chi connectivity index (χ1) is 13.4. The Morgan fingerprint density at radius 3 is 1.68 bits per heavy atom. The van der Waals surface area contributed by atoms with E-state index in [0.717, 1.165) is 36.5 Å². The molecule has 0 saturated carbocycles. The van der Waals surface area contributed by atoms with Crippen molar-refractivity contribution >= 4 is 0 Å². The third-order valence-corrected chi connectivity index (χ3v) is 5.98. The first kappa shape index (κ1) is 22.1. The quantitative estimate of drug-likeness (QED) is 0.482. The number of ether oxygens (including phenoxy) is 3. The summed E-state index contributed by atoms with van der Waals surface area (Å²) in [4.78, 5) is 0. The lowest BCUT2D eigenvalue weighted by atomic mass is 9.84. The molecule has 3 heteroatoms. The van der Waals surface area contributed by atoms with Crippen molar-refractivity contribution in [2.75, 3.05) is 21.3 Å².